The van der Waals surface area contributed by atoms with Crippen molar-refractivity contribution in [2.24, 2.45) is 5.73 Å². The molecule has 0 unspecified atom stereocenters. The number of hydrogen-bond donors (Lipinski definition) is 2. The van der Waals surface area contributed by atoms with Gasteiger partial charge in [0.25, 0.3) is 0 Å². The van der Waals surface area contributed by atoms with E-state index in [-0.39, 0.29) is 41.4 Å². The predicted molar refractivity (Wildman–Crippen MR) is 124 cm³/mol. The molecule has 0 aliphatic heterocycles. The van der Waals surface area contributed by atoms with Crippen molar-refractivity contribution in [1.82, 2.24) is 4.98 Å². The Morgan fingerprint density at radius 1 is 0.971 bits per heavy atom. The molecule has 5 nitrogen and oxygen atoms in total. The highest BCUT2D eigenvalue weighted by atomic mass is 35.5. The highest BCUT2D eigenvalue weighted by molar-refractivity contribution is 6.07. The molecule has 0 amide bonds. The summed E-state index contributed by atoms with van der Waals surface area (Å²) in [7, 11) is 0. The van der Waals surface area contributed by atoms with E-state index >= 15 is 0 Å². The molecule has 1 aromatic heterocycles. The number of aromatic nitrogens is 1. The number of rotatable bonds is 6. The van der Waals surface area contributed by atoms with Crippen LogP contribution in [0.5, 0.6) is 0 Å². The van der Waals surface area contributed by atoms with E-state index < -0.39 is 41.1 Å². The molecule has 0 radical (unpaired) electrons. The fourth-order valence-electron chi connectivity index (χ4n) is 3.10. The van der Waals surface area contributed by atoms with Crippen molar-refractivity contribution in [3.05, 3.63) is 100 Å². The van der Waals surface area contributed by atoms with Crippen molar-refractivity contribution in [2.75, 3.05) is 0 Å². The number of ketones is 2. The summed E-state index contributed by atoms with van der Waals surface area (Å²) in [6, 6.07) is 11.0. The number of nitrogens with zero attached hydrogens (tertiary/aromatic N) is 1. The molecule has 3 N–H and O–H groups in total. The molecule has 180 valence electrons. The summed E-state index contributed by atoms with van der Waals surface area (Å²) in [5.41, 5.74) is 4.01. The third kappa shape index (κ3) is 7.48. The summed E-state index contributed by atoms with van der Waals surface area (Å²) in [6.07, 6.45) is -4.04. The largest absolute Gasteiger partial charge is 0.417 e. The zero-order valence-electron chi connectivity index (χ0n) is 17.9. The Hall–Kier alpha value is -4.03. The SMILES string of the molecule is Cl.N=C(N)CC(=O)c1cc(F)cc(C#Cc2ccc(C(F)(F)F)c(C(=O)Cc3ccccn3)c2)c1. The van der Waals surface area contributed by atoms with Crippen LogP contribution in [0.3, 0.4) is 0 Å². The van der Waals surface area contributed by atoms with E-state index in [1.807, 2.05) is 0 Å². The van der Waals surface area contributed by atoms with E-state index in [1.54, 1.807) is 12.1 Å². The molecule has 3 rings (SSSR count). The van der Waals surface area contributed by atoms with Crippen LogP contribution in [-0.2, 0) is 12.6 Å². The molecule has 1 heterocycles. The number of carbonyl (C=O) groups is 2. The average molecular weight is 504 g/mol. The van der Waals surface area contributed by atoms with Crippen LogP contribution in [0.4, 0.5) is 17.6 Å². The minimum atomic E-state index is -4.75. The third-order valence-electron chi connectivity index (χ3n) is 4.62. The van der Waals surface area contributed by atoms with Crippen LogP contribution in [-0.4, -0.2) is 22.4 Å². The highest BCUT2D eigenvalue weighted by Gasteiger charge is 2.35. The molecule has 35 heavy (non-hydrogen) atoms. The normalized spacial score (nSPS) is 10.5. The molecule has 0 fully saturated rings. The molecule has 0 aliphatic rings. The summed E-state index contributed by atoms with van der Waals surface area (Å²) in [5.74, 6) is 2.71. The van der Waals surface area contributed by atoms with E-state index in [4.69, 9.17) is 11.1 Å². The highest BCUT2D eigenvalue weighted by Crippen LogP contribution is 2.33. The zero-order chi connectivity index (χ0) is 24.9. The first-order valence-electron chi connectivity index (χ1n) is 9.86. The Morgan fingerprint density at radius 3 is 2.31 bits per heavy atom. The number of nitrogens with one attached hydrogen (secondary N) is 1. The maximum atomic E-state index is 13.9. The van der Waals surface area contributed by atoms with Gasteiger partial charge in [-0.3, -0.25) is 20.0 Å². The van der Waals surface area contributed by atoms with Gasteiger partial charge in [0.15, 0.2) is 11.6 Å². The topological polar surface area (TPSA) is 96.9 Å². The number of nitrogens with two attached hydrogens (primary N) is 1. The van der Waals surface area contributed by atoms with Crippen LogP contribution in [0.2, 0.25) is 0 Å². The fraction of sp³-hybridized carbons (Fsp3) is 0.120. The van der Waals surface area contributed by atoms with Gasteiger partial charge in [0, 0.05) is 34.1 Å². The van der Waals surface area contributed by atoms with Crippen molar-refractivity contribution in [3.63, 3.8) is 0 Å². The van der Waals surface area contributed by atoms with Crippen molar-refractivity contribution in [2.45, 2.75) is 19.0 Å². The third-order valence-corrected chi connectivity index (χ3v) is 4.62. The van der Waals surface area contributed by atoms with Gasteiger partial charge in [-0.1, -0.05) is 17.9 Å². The summed E-state index contributed by atoms with van der Waals surface area (Å²) in [5, 5.41) is 7.19. The minimum Gasteiger partial charge on any atom is -0.387 e. The van der Waals surface area contributed by atoms with Crippen LogP contribution in [0.1, 0.15) is 49.5 Å². The summed E-state index contributed by atoms with van der Waals surface area (Å²) in [6.45, 7) is 0. The summed E-state index contributed by atoms with van der Waals surface area (Å²) >= 11 is 0. The lowest BCUT2D eigenvalue weighted by Crippen LogP contribution is -2.15. The van der Waals surface area contributed by atoms with Crippen molar-refractivity contribution < 1.29 is 27.2 Å². The Balaban J connectivity index is 0.00000432. The lowest BCUT2D eigenvalue weighted by molar-refractivity contribution is -0.137. The quantitative estimate of drug-likeness (QED) is 0.163. The van der Waals surface area contributed by atoms with Crippen molar-refractivity contribution in [3.8, 4) is 11.8 Å². The Bertz CT molecular complexity index is 1330. The molecular weight excluding hydrogens is 486 g/mol. The van der Waals surface area contributed by atoms with Gasteiger partial charge in [0.05, 0.1) is 24.2 Å². The first kappa shape index (κ1) is 27.2. The van der Waals surface area contributed by atoms with Crippen molar-refractivity contribution in [1.29, 1.82) is 5.41 Å². The van der Waals surface area contributed by atoms with Gasteiger partial charge in [-0.15, -0.1) is 12.4 Å². The number of hydrogen-bond acceptors (Lipinski definition) is 4. The zero-order valence-corrected chi connectivity index (χ0v) is 18.8. The van der Waals surface area contributed by atoms with Gasteiger partial charge >= 0.3 is 6.18 Å². The Morgan fingerprint density at radius 2 is 1.69 bits per heavy atom. The standard InChI is InChI=1S/C25H17F4N3O2.ClH/c26-18-10-16(9-17(12-18)22(33)14-24(30)31)5-4-15-6-7-21(25(27,28)29)20(11-15)23(34)13-19-3-1-2-8-32-19;/h1-3,6-12H,13-14H2,(H3,30,31);1H. The molecule has 10 heteroatoms. The monoisotopic (exact) mass is 503 g/mol. The van der Waals surface area contributed by atoms with E-state index in [0.717, 1.165) is 30.3 Å². The molecule has 0 bridgehead atoms. The van der Waals surface area contributed by atoms with Crippen LogP contribution >= 0.6 is 12.4 Å². The molecule has 0 spiro atoms. The molecule has 2 aromatic carbocycles. The fourth-order valence-corrected chi connectivity index (χ4v) is 3.10. The first-order valence-corrected chi connectivity index (χ1v) is 9.86. The first-order chi connectivity index (χ1) is 16.0. The van der Waals surface area contributed by atoms with Crippen LogP contribution in [0, 0.1) is 23.1 Å². The van der Waals surface area contributed by atoms with Crippen molar-refractivity contribution >= 4 is 29.8 Å². The van der Waals surface area contributed by atoms with E-state index in [1.165, 1.54) is 18.3 Å². The van der Waals surface area contributed by atoms with Gasteiger partial charge in [-0.25, -0.2) is 4.39 Å². The number of amidine groups is 1. The van der Waals surface area contributed by atoms with E-state index in [0.29, 0.717) is 5.69 Å². The lowest BCUT2D eigenvalue weighted by atomic mass is 9.97. The number of halogens is 5. The molecule has 0 aliphatic carbocycles. The smallest absolute Gasteiger partial charge is 0.387 e. The maximum absolute atomic E-state index is 13.9. The number of alkyl halides is 3. The number of carbonyl (C=O) groups excluding carboxylic acids is 2. The molecule has 0 saturated carbocycles. The number of Topliss-reactive ketones (excluding diaryl/α,β-unsaturated/α-hetero) is 2. The predicted octanol–water partition coefficient (Wildman–Crippen LogP) is 5.00. The number of pyridine rings is 1. The second kappa shape index (κ2) is 11.4. The van der Waals surface area contributed by atoms with Gasteiger partial charge in [-0.05, 0) is 48.5 Å². The average Bonchev–Trinajstić information content (AvgIpc) is 2.76. The molecule has 0 saturated heterocycles. The van der Waals surface area contributed by atoms with E-state index in [9.17, 15) is 27.2 Å². The molecule has 3 aromatic rings. The van der Waals surface area contributed by atoms with Crippen LogP contribution < -0.4 is 5.73 Å². The minimum absolute atomic E-state index is 0. The van der Waals surface area contributed by atoms with Gasteiger partial charge in [0.2, 0.25) is 0 Å². The summed E-state index contributed by atoms with van der Waals surface area (Å²) < 4.78 is 54.4. The number of benzene rings is 2. The molecular formula is C25H18ClF4N3O2. The Labute approximate surface area is 204 Å². The Kier molecular flexibility index (Phi) is 8.87. The van der Waals surface area contributed by atoms with Crippen LogP contribution in [0.15, 0.2) is 60.8 Å². The van der Waals surface area contributed by atoms with Gasteiger partial charge < -0.3 is 5.73 Å². The lowest BCUT2D eigenvalue weighted by Gasteiger charge is -2.12. The van der Waals surface area contributed by atoms with Crippen LogP contribution in [0.25, 0.3) is 0 Å². The van der Waals surface area contributed by atoms with Gasteiger partial charge in [-0.2, -0.15) is 13.2 Å². The van der Waals surface area contributed by atoms with Gasteiger partial charge in [0.1, 0.15) is 5.82 Å². The maximum Gasteiger partial charge on any atom is 0.417 e. The summed E-state index contributed by atoms with van der Waals surface area (Å²) in [4.78, 5) is 28.7. The second-order valence-corrected chi connectivity index (χ2v) is 7.28. The molecule has 0 atom stereocenters. The second-order valence-electron chi connectivity index (χ2n) is 7.28. The van der Waals surface area contributed by atoms with E-state index in [2.05, 4.69) is 16.8 Å².